The molecule has 0 spiro atoms. The topological polar surface area (TPSA) is 303 Å². The Hall–Kier alpha value is -4.77. The lowest BCUT2D eigenvalue weighted by Gasteiger charge is -2.25. The van der Waals surface area contributed by atoms with Crippen LogP contribution in [0.4, 0.5) is 0 Å². The van der Waals surface area contributed by atoms with Gasteiger partial charge >= 0.3 is 29.8 Å². The highest BCUT2D eigenvalue weighted by Crippen LogP contribution is 2.07. The molecule has 0 aliphatic heterocycles. The van der Waals surface area contributed by atoms with E-state index in [-0.39, 0.29) is 12.8 Å². The molecule has 4 atom stereocenters. The summed E-state index contributed by atoms with van der Waals surface area (Å²) in [6.07, 6.45) is -4.60. The zero-order valence-corrected chi connectivity index (χ0v) is 22.1. The van der Waals surface area contributed by atoms with Crippen molar-refractivity contribution in [3.05, 3.63) is 0 Å². The van der Waals surface area contributed by atoms with E-state index in [4.69, 9.17) is 20.4 Å². The van der Waals surface area contributed by atoms with Crippen molar-refractivity contribution in [3.63, 3.8) is 0 Å². The third-order valence-electron chi connectivity index (χ3n) is 5.44. The second-order valence-corrected chi connectivity index (χ2v) is 8.73. The van der Waals surface area contributed by atoms with Crippen molar-refractivity contribution < 1.29 is 68.7 Å². The smallest absolute Gasteiger partial charge is 0.326 e. The SMILES string of the molecule is CCC(=O)N[C@@H](CCC(=O)O)C(=O)N[C@@H](CCC(=O)O)C(=O)N[C@@H](CCC(=O)O)C(=O)N[C@@H](CCC(=O)O)C(=O)O. The van der Waals surface area contributed by atoms with Gasteiger partial charge in [0.25, 0.3) is 0 Å². The molecule has 18 heteroatoms. The van der Waals surface area contributed by atoms with Gasteiger partial charge in [0, 0.05) is 32.1 Å². The maximum Gasteiger partial charge on any atom is 0.326 e. The number of carboxylic acids is 5. The molecule has 0 saturated carbocycles. The van der Waals surface area contributed by atoms with Crippen LogP contribution in [0.2, 0.25) is 0 Å². The van der Waals surface area contributed by atoms with Crippen LogP contribution in [0.25, 0.3) is 0 Å². The zero-order chi connectivity index (χ0) is 31.7. The first-order chi connectivity index (χ1) is 19.1. The first kappa shape index (κ1) is 36.2. The first-order valence-electron chi connectivity index (χ1n) is 12.4. The highest BCUT2D eigenvalue weighted by atomic mass is 16.4. The van der Waals surface area contributed by atoms with Crippen LogP contribution in [-0.4, -0.2) is 103 Å². The normalized spacial score (nSPS) is 13.4. The monoisotopic (exact) mass is 590 g/mol. The summed E-state index contributed by atoms with van der Waals surface area (Å²) in [5, 5.41) is 53.7. The summed E-state index contributed by atoms with van der Waals surface area (Å²) in [5.74, 6) is -11.0. The molecule has 9 N–H and O–H groups in total. The number of rotatable bonds is 21. The molecule has 0 aliphatic rings. The van der Waals surface area contributed by atoms with Crippen LogP contribution in [0.5, 0.6) is 0 Å². The molecule has 18 nitrogen and oxygen atoms in total. The van der Waals surface area contributed by atoms with Gasteiger partial charge in [0.05, 0.1) is 0 Å². The number of carbonyl (C=O) groups is 9. The van der Waals surface area contributed by atoms with Gasteiger partial charge in [-0.15, -0.1) is 0 Å². The Morgan fingerprint density at radius 2 is 0.732 bits per heavy atom. The third kappa shape index (κ3) is 16.1. The minimum absolute atomic E-state index is 0.0655. The molecule has 0 rings (SSSR count). The van der Waals surface area contributed by atoms with E-state index in [0.29, 0.717) is 0 Å². The van der Waals surface area contributed by atoms with E-state index in [2.05, 4.69) is 16.0 Å². The van der Waals surface area contributed by atoms with Crippen LogP contribution in [0.1, 0.15) is 64.7 Å². The van der Waals surface area contributed by atoms with Crippen molar-refractivity contribution in [2.75, 3.05) is 0 Å². The molecule has 0 bridgehead atoms. The van der Waals surface area contributed by atoms with Crippen molar-refractivity contribution in [3.8, 4) is 0 Å². The Bertz CT molecular complexity index is 1010. The summed E-state index contributed by atoms with van der Waals surface area (Å²) >= 11 is 0. The Balaban J connectivity index is 5.93. The quantitative estimate of drug-likeness (QED) is 0.0690. The summed E-state index contributed by atoms with van der Waals surface area (Å²) in [6, 6.07) is -6.48. The second-order valence-electron chi connectivity index (χ2n) is 8.73. The third-order valence-corrected chi connectivity index (χ3v) is 5.44. The maximum absolute atomic E-state index is 13.0. The molecule has 0 aromatic rings. The van der Waals surface area contributed by atoms with Gasteiger partial charge in [0.15, 0.2) is 0 Å². The molecular weight excluding hydrogens is 556 g/mol. The average molecular weight is 591 g/mol. The average Bonchev–Trinajstić information content (AvgIpc) is 2.87. The van der Waals surface area contributed by atoms with Crippen molar-refractivity contribution in [2.24, 2.45) is 0 Å². The molecule has 0 saturated heterocycles. The number of hydrogen-bond donors (Lipinski definition) is 9. The van der Waals surface area contributed by atoms with E-state index in [1.54, 1.807) is 0 Å². The van der Waals surface area contributed by atoms with Gasteiger partial charge in [-0.05, 0) is 25.7 Å². The summed E-state index contributed by atoms with van der Waals surface area (Å²) in [7, 11) is 0. The largest absolute Gasteiger partial charge is 0.481 e. The number of carbonyl (C=O) groups excluding carboxylic acids is 4. The number of nitrogens with one attached hydrogen (secondary N) is 4. The van der Waals surface area contributed by atoms with Gasteiger partial charge < -0.3 is 46.8 Å². The predicted molar refractivity (Wildman–Crippen MR) is 133 cm³/mol. The fourth-order valence-electron chi connectivity index (χ4n) is 3.25. The lowest BCUT2D eigenvalue weighted by molar-refractivity contribution is -0.144. The van der Waals surface area contributed by atoms with Crippen molar-refractivity contribution in [2.45, 2.75) is 88.9 Å². The highest BCUT2D eigenvalue weighted by molar-refractivity contribution is 5.95. The van der Waals surface area contributed by atoms with E-state index in [9.17, 15) is 48.3 Å². The lowest BCUT2D eigenvalue weighted by atomic mass is 10.0. The van der Waals surface area contributed by atoms with Gasteiger partial charge in [-0.2, -0.15) is 0 Å². The van der Waals surface area contributed by atoms with Crippen LogP contribution in [0.15, 0.2) is 0 Å². The Morgan fingerprint density at radius 1 is 0.463 bits per heavy atom. The number of carboxylic acid groups (broad SMARTS) is 5. The van der Waals surface area contributed by atoms with Crippen molar-refractivity contribution >= 4 is 53.5 Å². The van der Waals surface area contributed by atoms with Crippen LogP contribution in [0, 0.1) is 0 Å². The minimum Gasteiger partial charge on any atom is -0.481 e. The molecule has 0 aromatic heterocycles. The summed E-state index contributed by atoms with van der Waals surface area (Å²) < 4.78 is 0. The number of amides is 4. The van der Waals surface area contributed by atoms with E-state index in [1.165, 1.54) is 6.92 Å². The molecule has 0 fully saturated rings. The van der Waals surface area contributed by atoms with Crippen LogP contribution in [-0.2, 0) is 43.2 Å². The highest BCUT2D eigenvalue weighted by Gasteiger charge is 2.32. The Kier molecular flexibility index (Phi) is 16.4. The van der Waals surface area contributed by atoms with E-state index in [1.807, 2.05) is 5.32 Å². The molecule has 0 unspecified atom stereocenters. The minimum atomic E-state index is -1.71. The van der Waals surface area contributed by atoms with E-state index < -0.39 is 123 Å². The summed E-state index contributed by atoms with van der Waals surface area (Å²) in [4.78, 5) is 106. The lowest BCUT2D eigenvalue weighted by Crippen LogP contribution is -2.58. The van der Waals surface area contributed by atoms with Crippen LogP contribution < -0.4 is 21.3 Å². The first-order valence-corrected chi connectivity index (χ1v) is 12.4. The van der Waals surface area contributed by atoms with E-state index >= 15 is 0 Å². The van der Waals surface area contributed by atoms with Crippen molar-refractivity contribution in [1.82, 2.24) is 21.3 Å². The van der Waals surface area contributed by atoms with Crippen LogP contribution >= 0.6 is 0 Å². The van der Waals surface area contributed by atoms with Gasteiger partial charge in [-0.3, -0.25) is 38.4 Å². The second kappa shape index (κ2) is 18.5. The Labute approximate surface area is 232 Å². The van der Waals surface area contributed by atoms with Gasteiger partial charge in [-0.25, -0.2) is 4.79 Å². The standard InChI is InChI=1S/C23H34N4O14/c1-2-15(28)24-11(3-7-16(29)30)20(37)25-12(4-8-17(31)32)21(38)26-13(5-9-18(33)34)22(39)27-14(23(40)41)6-10-19(35)36/h11-14H,2-10H2,1H3,(H,24,28)(H,25,37)(H,26,38)(H,27,39)(H,29,30)(H,31,32)(H,33,34)(H,35,36)(H,40,41)/t11-,12-,13-,14-/m0/s1. The fourth-order valence-corrected chi connectivity index (χ4v) is 3.25. The maximum atomic E-state index is 13.0. The molecule has 0 aromatic carbocycles. The molecule has 230 valence electrons. The van der Waals surface area contributed by atoms with Crippen LogP contribution in [0.3, 0.4) is 0 Å². The van der Waals surface area contributed by atoms with Gasteiger partial charge in [0.1, 0.15) is 24.2 Å². The molecule has 41 heavy (non-hydrogen) atoms. The summed E-state index contributed by atoms with van der Waals surface area (Å²) in [6.45, 7) is 1.46. The number of aliphatic carboxylic acids is 5. The molecule has 4 amide bonds. The van der Waals surface area contributed by atoms with E-state index in [0.717, 1.165) is 0 Å². The molecular formula is C23H34N4O14. The fraction of sp³-hybridized carbons (Fsp3) is 0.609. The molecule has 0 heterocycles. The molecule has 0 radical (unpaired) electrons. The summed E-state index contributed by atoms with van der Waals surface area (Å²) in [5.41, 5.74) is 0. The molecule has 0 aliphatic carbocycles. The predicted octanol–water partition coefficient (Wildman–Crippen LogP) is -2.12. The van der Waals surface area contributed by atoms with Crippen molar-refractivity contribution in [1.29, 1.82) is 0 Å². The Morgan fingerprint density at radius 3 is 1.00 bits per heavy atom. The van der Waals surface area contributed by atoms with Gasteiger partial charge in [-0.1, -0.05) is 6.92 Å². The zero-order valence-electron chi connectivity index (χ0n) is 22.1. The van der Waals surface area contributed by atoms with Gasteiger partial charge in [0.2, 0.25) is 23.6 Å². The number of hydrogen-bond acceptors (Lipinski definition) is 9.